The molecular weight excluding hydrogens is 789 g/mol. The molecule has 0 bridgehead atoms. The molecule has 1 heterocycles. The molecule has 1 aromatic heterocycles. The highest BCUT2D eigenvalue weighted by atomic mass is 28.4. The molecule has 0 saturated carbocycles. The molecule has 0 N–H and O–H groups in total. The normalized spacial score (nSPS) is 13.3. The van der Waals surface area contributed by atoms with Crippen LogP contribution in [-0.4, -0.2) is 33.4 Å². The van der Waals surface area contributed by atoms with Gasteiger partial charge >= 0.3 is 0 Å². The van der Waals surface area contributed by atoms with Crippen LogP contribution in [0.25, 0.3) is 0 Å². The van der Waals surface area contributed by atoms with Crippen LogP contribution in [0.4, 0.5) is 0 Å². The van der Waals surface area contributed by atoms with E-state index in [0.29, 0.717) is 24.5 Å². The van der Waals surface area contributed by atoms with Gasteiger partial charge in [0.2, 0.25) is 0 Å². The second kappa shape index (κ2) is 21.9. The number of furan rings is 1. The first-order chi connectivity index (χ1) is 30.3. The van der Waals surface area contributed by atoms with Gasteiger partial charge in [0, 0.05) is 5.56 Å². The van der Waals surface area contributed by atoms with E-state index in [1.165, 1.54) is 0 Å². The molecule has 0 unspecified atom stereocenters. The average molecular weight is 845 g/mol. The van der Waals surface area contributed by atoms with Crippen LogP contribution < -0.4 is 10.4 Å². The smallest absolute Gasteiger partial charge is 0.261 e. The zero-order valence-corrected chi connectivity index (χ0v) is 36.8. The lowest BCUT2D eigenvalue weighted by Gasteiger charge is -2.43. The third kappa shape index (κ3) is 11.4. The molecule has 0 radical (unpaired) electrons. The summed E-state index contributed by atoms with van der Waals surface area (Å²) < 4.78 is 41.0. The summed E-state index contributed by atoms with van der Waals surface area (Å²) in [6.07, 6.45) is -1.46. The summed E-state index contributed by atoms with van der Waals surface area (Å²) in [5.74, 6) is 0.605. The standard InChI is InChI=1S/C54H56O7Si/c1-54(2,3)62(47-30-18-8-19-31-47,48-32-20-9-21-33-48)60-40-46-34-49(61-50(46)35-55)52(58-38-44-26-14-6-15-27-44)53(59-39-45-28-16-7-17-29-45)51(57-37-43-24-12-5-13-25-43)41-56-36-42-22-10-4-11-23-42/h4-35,51-53H,36-41H2,1-3H3/t51-,52-,53-/m1/s1. The highest BCUT2D eigenvalue weighted by Crippen LogP contribution is 2.39. The van der Waals surface area contributed by atoms with Gasteiger partial charge in [-0.3, -0.25) is 4.79 Å². The van der Waals surface area contributed by atoms with E-state index in [2.05, 4.69) is 69.3 Å². The number of carbonyl (C=O) groups is 1. The molecule has 8 heteroatoms. The van der Waals surface area contributed by atoms with E-state index in [1.54, 1.807) is 0 Å². The number of benzene rings is 6. The lowest BCUT2D eigenvalue weighted by atomic mass is 10.0. The molecule has 7 aromatic rings. The van der Waals surface area contributed by atoms with Gasteiger partial charge in [-0.05, 0) is 43.7 Å². The van der Waals surface area contributed by atoms with E-state index in [0.717, 1.165) is 38.9 Å². The summed E-state index contributed by atoms with van der Waals surface area (Å²) in [4.78, 5) is 13.0. The summed E-state index contributed by atoms with van der Waals surface area (Å²) >= 11 is 0. The van der Waals surface area contributed by atoms with Gasteiger partial charge in [-0.1, -0.05) is 203 Å². The van der Waals surface area contributed by atoms with Crippen molar-refractivity contribution in [3.8, 4) is 0 Å². The minimum Gasteiger partial charge on any atom is -0.455 e. The predicted octanol–water partition coefficient (Wildman–Crippen LogP) is 10.8. The van der Waals surface area contributed by atoms with Crippen molar-refractivity contribution < 1.29 is 32.6 Å². The second-order valence-electron chi connectivity index (χ2n) is 16.4. The Bertz CT molecular complexity index is 2310. The van der Waals surface area contributed by atoms with Crippen LogP contribution in [0.1, 0.15) is 71.0 Å². The van der Waals surface area contributed by atoms with Crippen LogP contribution in [0.5, 0.6) is 0 Å². The highest BCUT2D eigenvalue weighted by molar-refractivity contribution is 6.99. The van der Waals surface area contributed by atoms with Gasteiger partial charge in [-0.2, -0.15) is 0 Å². The first-order valence-corrected chi connectivity index (χ1v) is 23.2. The first-order valence-electron chi connectivity index (χ1n) is 21.2. The van der Waals surface area contributed by atoms with Crippen LogP contribution in [0, 0.1) is 0 Å². The lowest BCUT2D eigenvalue weighted by molar-refractivity contribution is -0.174. The van der Waals surface area contributed by atoms with E-state index >= 15 is 0 Å². The van der Waals surface area contributed by atoms with Crippen molar-refractivity contribution in [2.24, 2.45) is 0 Å². The van der Waals surface area contributed by atoms with Crippen LogP contribution in [0.15, 0.2) is 192 Å². The van der Waals surface area contributed by atoms with Gasteiger partial charge in [-0.15, -0.1) is 0 Å². The second-order valence-corrected chi connectivity index (χ2v) is 20.7. The Morgan fingerprint density at radius 2 is 0.952 bits per heavy atom. The van der Waals surface area contributed by atoms with E-state index in [9.17, 15) is 4.79 Å². The average Bonchev–Trinajstić information content (AvgIpc) is 3.73. The maximum absolute atomic E-state index is 13.0. The minimum atomic E-state index is -2.97. The number of rotatable bonds is 22. The van der Waals surface area contributed by atoms with Crippen molar-refractivity contribution in [3.63, 3.8) is 0 Å². The predicted molar refractivity (Wildman–Crippen MR) is 247 cm³/mol. The van der Waals surface area contributed by atoms with Crippen molar-refractivity contribution in [2.45, 2.75) is 77.2 Å². The van der Waals surface area contributed by atoms with Gasteiger partial charge in [-0.25, -0.2) is 0 Å². The SMILES string of the molecule is CC(C)(C)[Si](OCc1cc([C@@H](OCc2ccccc2)[C@H](OCc2ccccc2)[C@@H](COCc2ccccc2)OCc2ccccc2)oc1C=O)(c1ccccc1)c1ccccc1. The molecule has 0 aliphatic rings. The summed E-state index contributed by atoms with van der Waals surface area (Å²) in [6, 6.07) is 62.9. The summed E-state index contributed by atoms with van der Waals surface area (Å²) in [6.45, 7) is 8.24. The molecule has 318 valence electrons. The van der Waals surface area contributed by atoms with Crippen molar-refractivity contribution in [1.29, 1.82) is 0 Å². The molecule has 3 atom stereocenters. The maximum Gasteiger partial charge on any atom is 0.261 e. The fourth-order valence-corrected chi connectivity index (χ4v) is 12.4. The molecule has 6 aromatic carbocycles. The summed E-state index contributed by atoms with van der Waals surface area (Å²) in [5.41, 5.74) is 4.63. The van der Waals surface area contributed by atoms with Gasteiger partial charge in [0.1, 0.15) is 24.1 Å². The van der Waals surface area contributed by atoms with E-state index < -0.39 is 26.6 Å². The van der Waals surface area contributed by atoms with Crippen molar-refractivity contribution >= 4 is 25.0 Å². The Labute approximate surface area is 367 Å². The molecule has 0 amide bonds. The van der Waals surface area contributed by atoms with E-state index in [1.807, 2.05) is 140 Å². The van der Waals surface area contributed by atoms with Gasteiger partial charge in [0.15, 0.2) is 12.0 Å². The molecular formula is C54H56O7Si. The fraction of sp³-hybridized carbons (Fsp3) is 0.241. The lowest BCUT2D eigenvalue weighted by Crippen LogP contribution is -2.66. The van der Waals surface area contributed by atoms with Gasteiger partial charge < -0.3 is 27.8 Å². The number of aldehydes is 1. The summed E-state index contributed by atoms with van der Waals surface area (Å²) in [5, 5.41) is 2.01. The van der Waals surface area contributed by atoms with Crippen LogP contribution in [0.2, 0.25) is 5.04 Å². The van der Waals surface area contributed by atoms with E-state index in [4.69, 9.17) is 27.8 Å². The molecule has 0 aliphatic carbocycles. The molecule has 62 heavy (non-hydrogen) atoms. The van der Waals surface area contributed by atoms with Crippen LogP contribution >= 0.6 is 0 Å². The topological polar surface area (TPSA) is 76.4 Å². The molecule has 7 nitrogen and oxygen atoms in total. The largest absolute Gasteiger partial charge is 0.455 e. The number of carbonyl (C=O) groups excluding carboxylic acids is 1. The van der Waals surface area contributed by atoms with Crippen LogP contribution in [-0.2, 0) is 56.4 Å². The number of hydrogen-bond acceptors (Lipinski definition) is 7. The molecule has 0 fully saturated rings. The van der Waals surface area contributed by atoms with Crippen molar-refractivity contribution in [1.82, 2.24) is 0 Å². The zero-order chi connectivity index (χ0) is 43.0. The molecule has 7 rings (SSSR count). The zero-order valence-electron chi connectivity index (χ0n) is 35.8. The quantitative estimate of drug-likeness (QED) is 0.0497. The molecule has 0 aliphatic heterocycles. The van der Waals surface area contributed by atoms with Crippen LogP contribution in [0.3, 0.4) is 0 Å². The third-order valence-electron chi connectivity index (χ3n) is 11.0. The summed E-state index contributed by atoms with van der Waals surface area (Å²) in [7, 11) is -2.97. The van der Waals surface area contributed by atoms with Gasteiger partial charge in [0.25, 0.3) is 8.32 Å². The van der Waals surface area contributed by atoms with Crippen molar-refractivity contribution in [3.05, 3.63) is 227 Å². The van der Waals surface area contributed by atoms with E-state index in [-0.39, 0.29) is 37.2 Å². The number of ether oxygens (including phenoxy) is 4. The molecule has 0 spiro atoms. The Balaban J connectivity index is 1.28. The third-order valence-corrected chi connectivity index (χ3v) is 16.0. The van der Waals surface area contributed by atoms with Crippen molar-refractivity contribution in [2.75, 3.05) is 6.61 Å². The highest BCUT2D eigenvalue weighted by Gasteiger charge is 2.50. The maximum atomic E-state index is 13.0. The Morgan fingerprint density at radius 3 is 1.40 bits per heavy atom. The monoisotopic (exact) mass is 844 g/mol. The first kappa shape index (κ1) is 44.3. The Kier molecular flexibility index (Phi) is 15.7. The Hall–Kier alpha value is -5.71. The molecule has 0 saturated heterocycles. The minimum absolute atomic E-state index is 0.139. The Morgan fingerprint density at radius 1 is 0.532 bits per heavy atom. The van der Waals surface area contributed by atoms with Gasteiger partial charge in [0.05, 0.1) is 39.6 Å². The fourth-order valence-electron chi connectivity index (χ4n) is 7.90. The number of hydrogen-bond donors (Lipinski definition) is 0.